The van der Waals surface area contributed by atoms with Crippen molar-refractivity contribution in [2.45, 2.75) is 13.8 Å². The molecule has 0 aliphatic heterocycles. The van der Waals surface area contributed by atoms with Crippen LogP contribution in [-0.4, -0.2) is 21.0 Å². The van der Waals surface area contributed by atoms with Crippen LogP contribution in [0.5, 0.6) is 5.75 Å². The van der Waals surface area contributed by atoms with E-state index in [4.69, 9.17) is 0 Å². The smallest absolute Gasteiger partial charge is 0.260 e. The zero-order valence-corrected chi connectivity index (χ0v) is 12.3. The number of para-hydroxylation sites is 1. The summed E-state index contributed by atoms with van der Waals surface area (Å²) in [7, 11) is 0. The number of pyridine rings is 2. The van der Waals surface area contributed by atoms with Gasteiger partial charge in [0.15, 0.2) is 5.65 Å². The highest BCUT2D eigenvalue weighted by atomic mass is 16.3. The molecule has 0 aliphatic rings. The number of aryl methyl sites for hydroxylation is 2. The van der Waals surface area contributed by atoms with Crippen molar-refractivity contribution in [3.63, 3.8) is 0 Å². The van der Waals surface area contributed by atoms with E-state index in [0.717, 1.165) is 16.6 Å². The SMILES string of the molecule is Cc1cc(C)c2ccc(NC(=O)c3ccccc3O)nc2n1. The fourth-order valence-electron chi connectivity index (χ4n) is 2.35. The summed E-state index contributed by atoms with van der Waals surface area (Å²) < 4.78 is 0. The summed E-state index contributed by atoms with van der Waals surface area (Å²) in [5.41, 5.74) is 2.76. The standard InChI is InChI=1S/C17H15N3O2/c1-10-9-11(2)18-16-12(10)7-8-15(19-16)20-17(22)13-5-3-4-6-14(13)21/h3-9,21H,1-2H3,(H,18,19,20,22). The van der Waals surface area contributed by atoms with Gasteiger partial charge in [-0.3, -0.25) is 4.79 Å². The van der Waals surface area contributed by atoms with E-state index in [1.807, 2.05) is 26.0 Å². The molecule has 0 aliphatic carbocycles. The number of hydrogen-bond donors (Lipinski definition) is 2. The Morgan fingerprint density at radius 3 is 2.64 bits per heavy atom. The number of hydrogen-bond acceptors (Lipinski definition) is 4. The molecule has 3 rings (SSSR count). The third kappa shape index (κ3) is 2.61. The van der Waals surface area contributed by atoms with Crippen LogP contribution in [0.4, 0.5) is 5.82 Å². The number of amides is 1. The van der Waals surface area contributed by atoms with Gasteiger partial charge in [-0.05, 0) is 49.7 Å². The van der Waals surface area contributed by atoms with Crippen LogP contribution in [0.25, 0.3) is 11.0 Å². The van der Waals surface area contributed by atoms with Crippen molar-refractivity contribution in [1.82, 2.24) is 9.97 Å². The van der Waals surface area contributed by atoms with Crippen molar-refractivity contribution in [3.05, 3.63) is 59.3 Å². The average Bonchev–Trinajstić information content (AvgIpc) is 2.47. The molecule has 0 unspecified atom stereocenters. The molecule has 22 heavy (non-hydrogen) atoms. The predicted molar refractivity (Wildman–Crippen MR) is 85.1 cm³/mol. The van der Waals surface area contributed by atoms with Gasteiger partial charge in [0.05, 0.1) is 5.56 Å². The third-order valence-electron chi connectivity index (χ3n) is 3.40. The zero-order chi connectivity index (χ0) is 15.7. The van der Waals surface area contributed by atoms with Gasteiger partial charge in [0.25, 0.3) is 5.91 Å². The van der Waals surface area contributed by atoms with Gasteiger partial charge in [0.1, 0.15) is 11.6 Å². The minimum atomic E-state index is -0.408. The van der Waals surface area contributed by atoms with Crippen LogP contribution in [0.3, 0.4) is 0 Å². The molecule has 3 aromatic rings. The van der Waals surface area contributed by atoms with Gasteiger partial charge in [0, 0.05) is 11.1 Å². The van der Waals surface area contributed by atoms with Crippen molar-refractivity contribution in [1.29, 1.82) is 0 Å². The maximum absolute atomic E-state index is 12.2. The van der Waals surface area contributed by atoms with Crippen LogP contribution in [0.2, 0.25) is 0 Å². The first kappa shape index (κ1) is 14.0. The largest absolute Gasteiger partial charge is 0.507 e. The number of carbonyl (C=O) groups is 1. The molecule has 110 valence electrons. The summed E-state index contributed by atoms with van der Waals surface area (Å²) in [4.78, 5) is 20.9. The van der Waals surface area contributed by atoms with Crippen LogP contribution in [0.1, 0.15) is 21.6 Å². The number of carbonyl (C=O) groups excluding carboxylic acids is 1. The van der Waals surface area contributed by atoms with Crippen molar-refractivity contribution >= 4 is 22.8 Å². The number of anilines is 1. The maximum Gasteiger partial charge on any atom is 0.260 e. The molecule has 2 heterocycles. The second-order valence-corrected chi connectivity index (χ2v) is 5.12. The monoisotopic (exact) mass is 293 g/mol. The maximum atomic E-state index is 12.2. The molecule has 0 spiro atoms. The molecule has 0 saturated carbocycles. The second kappa shape index (κ2) is 5.44. The highest BCUT2D eigenvalue weighted by molar-refractivity contribution is 6.06. The Morgan fingerprint density at radius 1 is 1.09 bits per heavy atom. The van der Waals surface area contributed by atoms with Gasteiger partial charge in [-0.15, -0.1) is 0 Å². The van der Waals surface area contributed by atoms with Crippen LogP contribution >= 0.6 is 0 Å². The number of nitrogens with one attached hydrogen (secondary N) is 1. The minimum absolute atomic E-state index is 0.0643. The van der Waals surface area contributed by atoms with E-state index < -0.39 is 5.91 Å². The Labute approximate surface area is 127 Å². The van der Waals surface area contributed by atoms with Gasteiger partial charge in [-0.1, -0.05) is 12.1 Å². The number of aromatic nitrogens is 2. The highest BCUT2D eigenvalue weighted by Gasteiger charge is 2.12. The molecule has 0 fully saturated rings. The summed E-state index contributed by atoms with van der Waals surface area (Å²) in [6.07, 6.45) is 0. The first-order chi connectivity index (χ1) is 10.5. The van der Waals surface area contributed by atoms with E-state index >= 15 is 0 Å². The first-order valence-electron chi connectivity index (χ1n) is 6.89. The van der Waals surface area contributed by atoms with Crippen LogP contribution < -0.4 is 5.32 Å². The van der Waals surface area contributed by atoms with Crippen LogP contribution in [-0.2, 0) is 0 Å². The lowest BCUT2D eigenvalue weighted by molar-refractivity contribution is 0.102. The lowest BCUT2D eigenvalue weighted by atomic mass is 10.1. The average molecular weight is 293 g/mol. The van der Waals surface area contributed by atoms with Crippen LogP contribution in [0.15, 0.2) is 42.5 Å². The molecule has 5 heteroatoms. The van der Waals surface area contributed by atoms with Gasteiger partial charge in [0.2, 0.25) is 0 Å². The van der Waals surface area contributed by atoms with Gasteiger partial charge in [-0.25, -0.2) is 9.97 Å². The number of benzene rings is 1. The Kier molecular flexibility index (Phi) is 3.47. The van der Waals surface area contributed by atoms with Crippen LogP contribution in [0, 0.1) is 13.8 Å². The summed E-state index contributed by atoms with van der Waals surface area (Å²) in [5.74, 6) is -0.0711. The van der Waals surface area contributed by atoms with Crippen molar-refractivity contribution in [2.24, 2.45) is 0 Å². The lowest BCUT2D eigenvalue weighted by Crippen LogP contribution is -2.13. The number of phenols is 1. The number of phenolic OH excluding ortho intramolecular Hbond substituents is 1. The molecule has 0 radical (unpaired) electrons. The van der Waals surface area contributed by atoms with E-state index in [0.29, 0.717) is 11.5 Å². The van der Waals surface area contributed by atoms with E-state index in [9.17, 15) is 9.90 Å². The molecular formula is C17H15N3O2. The Hall–Kier alpha value is -2.95. The molecule has 0 saturated heterocycles. The summed E-state index contributed by atoms with van der Waals surface area (Å²) in [5, 5.41) is 13.3. The van der Waals surface area contributed by atoms with Gasteiger partial charge >= 0.3 is 0 Å². The van der Waals surface area contributed by atoms with E-state index in [-0.39, 0.29) is 11.3 Å². The fourth-order valence-corrected chi connectivity index (χ4v) is 2.35. The van der Waals surface area contributed by atoms with Crippen molar-refractivity contribution in [3.8, 4) is 5.75 Å². The number of fused-ring (bicyclic) bond motifs is 1. The van der Waals surface area contributed by atoms with E-state index in [1.165, 1.54) is 6.07 Å². The first-order valence-corrected chi connectivity index (χ1v) is 6.89. The summed E-state index contributed by atoms with van der Waals surface area (Å²) >= 11 is 0. The topological polar surface area (TPSA) is 75.1 Å². The Morgan fingerprint density at radius 2 is 1.86 bits per heavy atom. The van der Waals surface area contributed by atoms with Crippen molar-refractivity contribution < 1.29 is 9.90 Å². The normalized spacial score (nSPS) is 10.6. The zero-order valence-electron chi connectivity index (χ0n) is 12.3. The Bertz CT molecular complexity index is 875. The number of nitrogens with zero attached hydrogens (tertiary/aromatic N) is 2. The predicted octanol–water partition coefficient (Wildman–Crippen LogP) is 3.20. The fraction of sp³-hybridized carbons (Fsp3) is 0.118. The molecule has 0 bridgehead atoms. The second-order valence-electron chi connectivity index (χ2n) is 5.12. The molecule has 0 atom stereocenters. The van der Waals surface area contributed by atoms with Gasteiger partial charge in [-0.2, -0.15) is 0 Å². The minimum Gasteiger partial charge on any atom is -0.507 e. The molecule has 1 aromatic carbocycles. The molecule has 2 aromatic heterocycles. The number of aromatic hydroxyl groups is 1. The lowest BCUT2D eigenvalue weighted by Gasteiger charge is -2.08. The third-order valence-corrected chi connectivity index (χ3v) is 3.40. The van der Waals surface area contributed by atoms with E-state index in [2.05, 4.69) is 15.3 Å². The quantitative estimate of drug-likeness (QED) is 0.760. The highest BCUT2D eigenvalue weighted by Crippen LogP contribution is 2.20. The van der Waals surface area contributed by atoms with E-state index in [1.54, 1.807) is 24.3 Å². The number of rotatable bonds is 2. The van der Waals surface area contributed by atoms with Crippen molar-refractivity contribution in [2.75, 3.05) is 5.32 Å². The molecule has 5 nitrogen and oxygen atoms in total. The molecular weight excluding hydrogens is 278 g/mol. The molecule has 1 amide bonds. The van der Waals surface area contributed by atoms with Gasteiger partial charge < -0.3 is 10.4 Å². The summed E-state index contributed by atoms with van der Waals surface area (Å²) in [6, 6.07) is 12.0. The Balaban J connectivity index is 1.94. The molecule has 2 N–H and O–H groups in total. The summed E-state index contributed by atoms with van der Waals surface area (Å²) in [6.45, 7) is 3.90.